The summed E-state index contributed by atoms with van der Waals surface area (Å²) in [5.41, 5.74) is 36.6. The van der Waals surface area contributed by atoms with Crippen molar-refractivity contribution in [3.63, 3.8) is 0 Å². The highest BCUT2D eigenvalue weighted by Crippen LogP contribution is 2.58. The van der Waals surface area contributed by atoms with E-state index in [1.54, 1.807) is 0 Å². The molecule has 0 heterocycles. The molecule has 0 unspecified atom stereocenters. The van der Waals surface area contributed by atoms with E-state index in [4.69, 9.17) is 0 Å². The molecule has 109 heavy (non-hydrogen) atoms. The molecule has 2 N–H and O–H groups in total. The van der Waals surface area contributed by atoms with E-state index < -0.39 is 7.12 Å². The number of hydrogen-bond donors (Lipinski definition) is 2. The summed E-state index contributed by atoms with van der Waals surface area (Å²) < 4.78 is 4.18. The van der Waals surface area contributed by atoms with Crippen LogP contribution in [0.1, 0.15) is 250 Å². The van der Waals surface area contributed by atoms with Gasteiger partial charge in [0, 0.05) is 72.0 Å². The minimum absolute atomic E-state index is 0.0830. The minimum atomic E-state index is -1.42. The van der Waals surface area contributed by atoms with E-state index in [0.717, 1.165) is 17.9 Å². The Balaban J connectivity index is 0.000000251. The molecule has 5 aliphatic carbocycles. The van der Waals surface area contributed by atoms with Gasteiger partial charge in [-0.2, -0.15) is 0 Å². The zero-order valence-corrected chi connectivity index (χ0v) is 73.3. The van der Waals surface area contributed by atoms with Gasteiger partial charge in [0.25, 0.3) is 0 Å². The van der Waals surface area contributed by atoms with Crippen LogP contribution < -0.4 is 5.46 Å². The summed E-state index contributed by atoms with van der Waals surface area (Å²) in [6.07, 6.45) is 0. The lowest BCUT2D eigenvalue weighted by atomic mass is 9.59. The lowest BCUT2D eigenvalue weighted by Gasteiger charge is -2.44. The molecule has 12 aromatic rings. The molecule has 0 radical (unpaired) electrons. The van der Waals surface area contributed by atoms with Gasteiger partial charge in [0.1, 0.15) is 0 Å². The van der Waals surface area contributed by atoms with Crippen LogP contribution in [-0.4, -0.2) is 17.2 Å². The summed E-state index contributed by atoms with van der Waals surface area (Å²) >= 11 is 13.5. The Morgan fingerprint density at radius 1 is 0.183 bits per heavy atom. The first-order valence-electron chi connectivity index (χ1n) is 38.7. The Morgan fingerprint density at radius 2 is 0.339 bits per heavy atom. The monoisotopic (exact) mass is 1680 g/mol. The van der Waals surface area contributed by atoms with Crippen LogP contribution in [0.2, 0.25) is 0 Å². The van der Waals surface area contributed by atoms with Gasteiger partial charge in [0.05, 0.1) is 0 Å². The van der Waals surface area contributed by atoms with E-state index in [0.29, 0.717) is 5.46 Å². The highest BCUT2D eigenvalue weighted by atomic mass is 79.9. The van der Waals surface area contributed by atoms with Crippen molar-refractivity contribution in [3.05, 3.63) is 366 Å². The predicted octanol–water partition coefficient (Wildman–Crippen LogP) is 27.3. The first kappa shape index (κ1) is 76.9. The van der Waals surface area contributed by atoms with Crippen molar-refractivity contribution in [2.75, 3.05) is 0 Å². The van der Waals surface area contributed by atoms with Crippen LogP contribution in [-0.2, 0) is 54.1 Å². The van der Waals surface area contributed by atoms with E-state index in [-0.39, 0.29) is 54.1 Å². The van der Waals surface area contributed by atoms with Gasteiger partial charge in [0.15, 0.2) is 0 Å². The van der Waals surface area contributed by atoms with E-state index in [1.807, 2.05) is 30.3 Å². The maximum absolute atomic E-state index is 9.48. The van der Waals surface area contributed by atoms with Crippen molar-refractivity contribution >= 4 is 76.3 Å². The molecule has 0 aromatic heterocycles. The predicted molar refractivity (Wildman–Crippen MR) is 475 cm³/mol. The van der Waals surface area contributed by atoms with Crippen molar-refractivity contribution in [3.8, 4) is 44.5 Å². The molecule has 0 atom stereocenters. The lowest BCUT2D eigenvalue weighted by Crippen LogP contribution is -2.39. The Morgan fingerprint density at radius 3 is 0.523 bits per heavy atom. The smallest absolute Gasteiger partial charge is 0.423 e. The van der Waals surface area contributed by atoms with Gasteiger partial charge >= 0.3 is 7.12 Å². The zero-order chi connectivity index (χ0) is 78.2. The van der Waals surface area contributed by atoms with Gasteiger partial charge in [0.2, 0.25) is 0 Å². The van der Waals surface area contributed by atoms with Crippen molar-refractivity contribution in [1.29, 1.82) is 0 Å². The van der Waals surface area contributed by atoms with Crippen LogP contribution >= 0.6 is 63.7 Å². The molecule has 0 aliphatic heterocycles. The first-order valence-corrected chi connectivity index (χ1v) is 41.9. The second-order valence-corrected chi connectivity index (χ2v) is 40.2. The molecule has 0 saturated heterocycles. The molecule has 0 spiro atoms. The third kappa shape index (κ3) is 12.1. The van der Waals surface area contributed by atoms with E-state index in [2.05, 4.69) is 408 Å². The van der Waals surface area contributed by atoms with Crippen LogP contribution in [0.15, 0.2) is 254 Å². The fraction of sp³-hybridized carbons (Fsp3) is 0.294. The molecular formula is C102H101BBr4O2. The summed E-state index contributed by atoms with van der Waals surface area (Å²) in [5.74, 6) is 0. The quantitative estimate of drug-likeness (QED) is 0.133. The fourth-order valence-corrected chi connectivity index (χ4v) is 22.2. The van der Waals surface area contributed by atoms with Crippen LogP contribution in [0.3, 0.4) is 0 Å². The summed E-state index contributed by atoms with van der Waals surface area (Å²) in [6.45, 7) is 47.7. The molecule has 0 saturated carbocycles. The summed E-state index contributed by atoms with van der Waals surface area (Å²) in [5, 5.41) is 19.0. The second-order valence-electron chi connectivity index (χ2n) is 36.8. The molecule has 17 rings (SSSR count). The summed E-state index contributed by atoms with van der Waals surface area (Å²) in [6, 6.07) is 90.2. The standard InChI is InChI=1S/C78H78.C18H21BO2.C6H2Br4/c1-71(2)55-25-17-21-29-59(55)75(9,10)67-41-47(33-37-63(67)71)51-45-53(49-35-39-65-69(43-49)77(13,14)61-31-23-19-27-57(61)73(65,5)6)54(50-36-40-66-70(44-50)78(15,16)62-32-24-20-28-58(62)74(66,7)8)46-52(51)48-34-38-64-68(42-48)76(11,12)60-30-22-18-26-56(60)72(64,3)4;1-17(2)13-7-5-6-8-14(13)18(3,4)16-11-12(19(20)21)9-10-15(16)17;7-3-1-4(8)6(10)2-5(3)9/h17-46H,1-16H3;5-11,20-21H,1-4H3;1-2H. The minimum Gasteiger partial charge on any atom is -0.423 e. The first-order chi connectivity index (χ1) is 51.1. The van der Waals surface area contributed by atoms with Gasteiger partial charge in [-0.25, -0.2) is 0 Å². The Kier molecular flexibility index (Phi) is 18.8. The number of fused-ring (bicyclic) bond motifs is 10. The molecular weight excluding hydrogens is 1590 g/mol. The molecule has 552 valence electrons. The maximum atomic E-state index is 9.48. The summed E-state index contributed by atoms with van der Waals surface area (Å²) in [4.78, 5) is 0. The third-order valence-corrected chi connectivity index (χ3v) is 30.6. The normalized spacial score (nSPS) is 18.0. The number of halogens is 4. The van der Waals surface area contributed by atoms with E-state index in [1.165, 1.54) is 156 Å². The Hall–Kier alpha value is -7.46. The SMILES string of the molecule is Brc1cc(Br)c(Br)cc1Br.CC1(C)c2ccccc2C(C)(C)c2cc(-c3cc(-c4ccc5c(c4)C(C)(C)c4ccccc4C5(C)C)c(-c4ccc5c(c4)C(C)(C)c4ccccc4C5(C)C)cc3-c3ccc4c(c3)C(C)(C)c3ccccc3C4(C)C)ccc21.CC1(C)c2ccccc2C(C)(C)c2cc(B(O)O)ccc21. The van der Waals surface area contributed by atoms with Gasteiger partial charge in [-0.3, -0.25) is 0 Å². The van der Waals surface area contributed by atoms with Crippen molar-refractivity contribution in [1.82, 2.24) is 0 Å². The van der Waals surface area contributed by atoms with Crippen LogP contribution in [0, 0.1) is 0 Å². The topological polar surface area (TPSA) is 40.5 Å². The molecule has 0 bridgehead atoms. The van der Waals surface area contributed by atoms with Crippen LogP contribution in [0.25, 0.3) is 44.5 Å². The van der Waals surface area contributed by atoms with Crippen LogP contribution in [0.5, 0.6) is 0 Å². The average molecular weight is 1690 g/mol. The van der Waals surface area contributed by atoms with E-state index in [9.17, 15) is 10.0 Å². The highest BCUT2D eigenvalue weighted by Gasteiger charge is 2.48. The van der Waals surface area contributed by atoms with Crippen molar-refractivity contribution in [2.24, 2.45) is 0 Å². The maximum Gasteiger partial charge on any atom is 0.488 e. The van der Waals surface area contributed by atoms with Crippen LogP contribution in [0.4, 0.5) is 0 Å². The molecule has 5 aliphatic rings. The molecule has 0 fully saturated rings. The lowest BCUT2D eigenvalue weighted by molar-refractivity contribution is 0.425. The third-order valence-electron chi connectivity index (χ3n) is 26.9. The van der Waals surface area contributed by atoms with Crippen molar-refractivity contribution in [2.45, 2.75) is 193 Å². The van der Waals surface area contributed by atoms with Gasteiger partial charge in [-0.15, -0.1) is 0 Å². The van der Waals surface area contributed by atoms with Gasteiger partial charge in [-0.05, 0) is 273 Å². The summed E-state index contributed by atoms with van der Waals surface area (Å²) in [7, 11) is -1.42. The number of rotatable bonds is 5. The molecule has 7 heteroatoms. The van der Waals surface area contributed by atoms with Gasteiger partial charge in [-0.1, -0.05) is 327 Å². The number of benzene rings is 12. The molecule has 2 nitrogen and oxygen atoms in total. The Labute approximate surface area is 683 Å². The number of hydrogen-bond acceptors (Lipinski definition) is 2. The Bertz CT molecular complexity index is 5160. The van der Waals surface area contributed by atoms with Crippen molar-refractivity contribution < 1.29 is 10.0 Å². The average Bonchev–Trinajstić information content (AvgIpc) is 0.752. The largest absolute Gasteiger partial charge is 0.488 e. The highest BCUT2D eigenvalue weighted by molar-refractivity contribution is 9.14. The van der Waals surface area contributed by atoms with Gasteiger partial charge < -0.3 is 10.0 Å². The second kappa shape index (κ2) is 26.6. The fourth-order valence-electron chi connectivity index (χ4n) is 20.2. The zero-order valence-electron chi connectivity index (χ0n) is 67.0. The van der Waals surface area contributed by atoms with E-state index >= 15 is 0 Å². The molecule has 12 aromatic carbocycles. The molecule has 0 amide bonds.